The molecule has 94 valence electrons. The zero-order valence-corrected chi connectivity index (χ0v) is 12.7. The van der Waals surface area contributed by atoms with Crippen molar-refractivity contribution in [2.24, 2.45) is 0 Å². The first-order chi connectivity index (χ1) is 8.66. The van der Waals surface area contributed by atoms with Crippen molar-refractivity contribution < 1.29 is 0 Å². The zero-order valence-electron chi connectivity index (χ0n) is 10.4. The summed E-state index contributed by atoms with van der Waals surface area (Å²) in [6.07, 6.45) is 2.11. The van der Waals surface area contributed by atoms with Crippen molar-refractivity contribution in [3.63, 3.8) is 0 Å². The first kappa shape index (κ1) is 13.6. The number of benzene rings is 2. The predicted octanol–water partition coefficient (Wildman–Crippen LogP) is 5.72. The lowest BCUT2D eigenvalue weighted by Gasteiger charge is -2.10. The lowest BCUT2D eigenvalue weighted by Crippen LogP contribution is -1.93. The third-order valence-corrected chi connectivity index (χ3v) is 4.48. The Balaban J connectivity index is 1.97. The molecule has 0 heterocycles. The third kappa shape index (κ3) is 3.60. The van der Waals surface area contributed by atoms with E-state index in [1.807, 2.05) is 13.0 Å². The van der Waals surface area contributed by atoms with Crippen molar-refractivity contribution in [3.8, 4) is 0 Å². The molecule has 2 heteroatoms. The van der Waals surface area contributed by atoms with Gasteiger partial charge in [-0.25, -0.2) is 0 Å². The van der Waals surface area contributed by atoms with Crippen LogP contribution in [0.15, 0.2) is 48.5 Å². The molecule has 18 heavy (non-hydrogen) atoms. The van der Waals surface area contributed by atoms with Crippen LogP contribution in [0.5, 0.6) is 0 Å². The standard InChI is InChI=1S/C16H16BrCl/c1-12-7-8-13(11-16(12)18)9-10-15(17)14-5-3-2-4-6-14/h2-8,11,15H,9-10H2,1H3. The van der Waals surface area contributed by atoms with Crippen LogP contribution in [0.3, 0.4) is 0 Å². The molecule has 2 rings (SSSR count). The lowest BCUT2D eigenvalue weighted by molar-refractivity contribution is 0.813. The Hall–Kier alpha value is -0.790. The largest absolute Gasteiger partial charge is 0.0840 e. The molecule has 0 amide bonds. The van der Waals surface area contributed by atoms with Crippen molar-refractivity contribution in [1.29, 1.82) is 0 Å². The summed E-state index contributed by atoms with van der Waals surface area (Å²) >= 11 is 9.88. The summed E-state index contributed by atoms with van der Waals surface area (Å²) in [4.78, 5) is 0.402. The van der Waals surface area contributed by atoms with E-state index in [4.69, 9.17) is 11.6 Å². The van der Waals surface area contributed by atoms with Gasteiger partial charge in [-0.15, -0.1) is 0 Å². The van der Waals surface area contributed by atoms with E-state index in [2.05, 4.69) is 58.4 Å². The second-order valence-electron chi connectivity index (χ2n) is 4.50. The molecule has 0 N–H and O–H groups in total. The maximum absolute atomic E-state index is 6.13. The van der Waals surface area contributed by atoms with Crippen LogP contribution in [0.1, 0.15) is 27.9 Å². The number of halogens is 2. The van der Waals surface area contributed by atoms with Crippen molar-refractivity contribution in [3.05, 3.63) is 70.2 Å². The van der Waals surface area contributed by atoms with Crippen molar-refractivity contribution in [1.82, 2.24) is 0 Å². The molecule has 0 saturated heterocycles. The first-order valence-corrected chi connectivity index (χ1v) is 7.40. The maximum atomic E-state index is 6.13. The van der Waals surface area contributed by atoms with Crippen molar-refractivity contribution >= 4 is 27.5 Å². The van der Waals surface area contributed by atoms with Crippen LogP contribution in [0.2, 0.25) is 5.02 Å². The Morgan fingerprint density at radius 3 is 2.50 bits per heavy atom. The van der Waals surface area contributed by atoms with Gasteiger partial charge in [-0.3, -0.25) is 0 Å². The molecule has 0 saturated carbocycles. The minimum absolute atomic E-state index is 0.402. The van der Waals surface area contributed by atoms with Gasteiger partial charge >= 0.3 is 0 Å². The minimum atomic E-state index is 0.402. The van der Waals surface area contributed by atoms with E-state index >= 15 is 0 Å². The van der Waals surface area contributed by atoms with Gasteiger partial charge in [0.2, 0.25) is 0 Å². The van der Waals surface area contributed by atoms with Crippen LogP contribution in [0.25, 0.3) is 0 Å². The second-order valence-corrected chi connectivity index (χ2v) is 6.01. The minimum Gasteiger partial charge on any atom is -0.0840 e. The number of alkyl halides is 1. The molecule has 0 aliphatic carbocycles. The molecule has 2 aromatic carbocycles. The molecule has 0 aromatic heterocycles. The third-order valence-electron chi connectivity index (χ3n) is 3.08. The van der Waals surface area contributed by atoms with Gasteiger partial charge in [0.1, 0.15) is 0 Å². The molecule has 0 aliphatic rings. The zero-order chi connectivity index (χ0) is 13.0. The van der Waals surface area contributed by atoms with Gasteiger partial charge in [0.15, 0.2) is 0 Å². The van der Waals surface area contributed by atoms with Gasteiger partial charge in [0.05, 0.1) is 0 Å². The Bertz CT molecular complexity index is 508. The Morgan fingerprint density at radius 1 is 1.11 bits per heavy atom. The van der Waals surface area contributed by atoms with E-state index in [0.29, 0.717) is 4.83 Å². The van der Waals surface area contributed by atoms with E-state index in [0.717, 1.165) is 23.4 Å². The summed E-state index contributed by atoms with van der Waals surface area (Å²) in [7, 11) is 0. The quantitative estimate of drug-likeness (QED) is 0.631. The van der Waals surface area contributed by atoms with Gasteiger partial charge < -0.3 is 0 Å². The van der Waals surface area contributed by atoms with E-state index < -0.39 is 0 Å². The molecule has 0 spiro atoms. The molecule has 2 aromatic rings. The Morgan fingerprint density at radius 2 is 1.83 bits per heavy atom. The summed E-state index contributed by atoms with van der Waals surface area (Å²) in [6.45, 7) is 2.03. The topological polar surface area (TPSA) is 0 Å². The monoisotopic (exact) mass is 322 g/mol. The average molecular weight is 324 g/mol. The maximum Gasteiger partial charge on any atom is 0.0437 e. The summed E-state index contributed by atoms with van der Waals surface area (Å²) < 4.78 is 0. The van der Waals surface area contributed by atoms with Gasteiger partial charge in [0.25, 0.3) is 0 Å². The molecule has 0 radical (unpaired) electrons. The summed E-state index contributed by atoms with van der Waals surface area (Å²) in [5.41, 5.74) is 3.76. The van der Waals surface area contributed by atoms with Gasteiger partial charge in [-0.2, -0.15) is 0 Å². The van der Waals surface area contributed by atoms with E-state index in [1.165, 1.54) is 11.1 Å². The van der Waals surface area contributed by atoms with Crippen molar-refractivity contribution in [2.45, 2.75) is 24.6 Å². The molecule has 1 unspecified atom stereocenters. The van der Waals surface area contributed by atoms with Gasteiger partial charge in [0, 0.05) is 9.85 Å². The molecular formula is C16H16BrCl. The van der Waals surface area contributed by atoms with E-state index in [-0.39, 0.29) is 0 Å². The first-order valence-electron chi connectivity index (χ1n) is 6.11. The summed E-state index contributed by atoms with van der Waals surface area (Å²) in [5.74, 6) is 0. The normalized spacial score (nSPS) is 12.4. The van der Waals surface area contributed by atoms with Crippen molar-refractivity contribution in [2.75, 3.05) is 0 Å². The molecule has 0 fully saturated rings. The highest BCUT2D eigenvalue weighted by Gasteiger charge is 2.07. The summed E-state index contributed by atoms with van der Waals surface area (Å²) in [5, 5.41) is 0.860. The van der Waals surface area contributed by atoms with Crippen LogP contribution in [0.4, 0.5) is 0 Å². The Kier molecular flexibility index (Phi) is 4.85. The lowest BCUT2D eigenvalue weighted by atomic mass is 10.0. The summed E-state index contributed by atoms with van der Waals surface area (Å²) in [6, 6.07) is 16.8. The molecule has 0 bridgehead atoms. The smallest absolute Gasteiger partial charge is 0.0437 e. The van der Waals surface area contributed by atoms with E-state index in [9.17, 15) is 0 Å². The number of rotatable bonds is 4. The van der Waals surface area contributed by atoms with Gasteiger partial charge in [-0.05, 0) is 42.5 Å². The fourth-order valence-corrected chi connectivity index (χ4v) is 2.65. The fourth-order valence-electron chi connectivity index (χ4n) is 1.91. The van der Waals surface area contributed by atoms with E-state index in [1.54, 1.807) is 0 Å². The average Bonchev–Trinajstić information content (AvgIpc) is 2.41. The number of hydrogen-bond acceptors (Lipinski definition) is 0. The van der Waals surface area contributed by atoms with Gasteiger partial charge in [-0.1, -0.05) is 70.0 Å². The second kappa shape index (κ2) is 6.40. The van der Waals surface area contributed by atoms with Crippen LogP contribution in [-0.2, 0) is 6.42 Å². The van der Waals surface area contributed by atoms with Crippen LogP contribution in [-0.4, -0.2) is 0 Å². The molecule has 1 atom stereocenters. The molecule has 0 nitrogen and oxygen atoms in total. The molecular weight excluding hydrogens is 308 g/mol. The van der Waals surface area contributed by atoms with Crippen LogP contribution < -0.4 is 0 Å². The highest BCUT2D eigenvalue weighted by molar-refractivity contribution is 9.09. The highest BCUT2D eigenvalue weighted by Crippen LogP contribution is 2.28. The van der Waals surface area contributed by atoms with Crippen LogP contribution in [0, 0.1) is 6.92 Å². The predicted molar refractivity (Wildman–Crippen MR) is 82.6 cm³/mol. The Labute approximate surface area is 122 Å². The number of aryl methyl sites for hydroxylation is 2. The fraction of sp³-hybridized carbons (Fsp3) is 0.250. The SMILES string of the molecule is Cc1ccc(CCC(Br)c2ccccc2)cc1Cl. The van der Waals surface area contributed by atoms with Crippen LogP contribution >= 0.6 is 27.5 Å². The highest BCUT2D eigenvalue weighted by atomic mass is 79.9. The molecule has 0 aliphatic heterocycles. The number of hydrogen-bond donors (Lipinski definition) is 0.